The maximum absolute atomic E-state index is 13.4. The number of piperidine rings is 1. The maximum atomic E-state index is 13.4. The summed E-state index contributed by atoms with van der Waals surface area (Å²) in [4.78, 5) is 25.6. The standard InChI is InChI=1S/C27H30F6N2O5/c1-3-4-12-39-24(36)34-16-23(35(37)38)10-11-25(34,20-8-6-5-7-9-20)17-40-18(2)19-13-21(26(28,29)30)15-22(14-19)27(31,32)33/h5-9,13-15,18,23H,3-4,10-12,16-17H2,1-2H3/t18-,23?,25-/m1/s1. The normalized spacial score (nSPS) is 20.7. The number of carbonyl (C=O) groups excluding carboxylic acids is 1. The molecule has 0 aromatic heterocycles. The van der Waals surface area contributed by atoms with Crippen molar-refractivity contribution in [1.29, 1.82) is 0 Å². The zero-order chi connectivity index (χ0) is 29.7. The Kier molecular flexibility index (Phi) is 9.70. The van der Waals surface area contributed by atoms with Crippen molar-refractivity contribution in [2.24, 2.45) is 0 Å². The number of amides is 1. The molecule has 13 heteroatoms. The molecule has 0 aliphatic carbocycles. The Hall–Kier alpha value is -3.35. The number of halogens is 6. The van der Waals surface area contributed by atoms with Gasteiger partial charge < -0.3 is 9.47 Å². The second-order valence-corrected chi connectivity index (χ2v) is 9.75. The molecule has 1 amide bonds. The largest absolute Gasteiger partial charge is 0.449 e. The summed E-state index contributed by atoms with van der Waals surface area (Å²) in [7, 11) is 0. The third-order valence-electron chi connectivity index (χ3n) is 7.01. The lowest BCUT2D eigenvalue weighted by atomic mass is 9.79. The summed E-state index contributed by atoms with van der Waals surface area (Å²) in [5.74, 6) is 0. The molecule has 0 spiro atoms. The van der Waals surface area contributed by atoms with Crippen molar-refractivity contribution < 1.29 is 45.5 Å². The summed E-state index contributed by atoms with van der Waals surface area (Å²) >= 11 is 0. The van der Waals surface area contributed by atoms with Gasteiger partial charge in [0, 0.05) is 11.3 Å². The third-order valence-corrected chi connectivity index (χ3v) is 7.01. The van der Waals surface area contributed by atoms with Gasteiger partial charge in [-0.15, -0.1) is 0 Å². The van der Waals surface area contributed by atoms with Crippen LogP contribution in [0.4, 0.5) is 31.1 Å². The zero-order valence-electron chi connectivity index (χ0n) is 21.9. The van der Waals surface area contributed by atoms with Gasteiger partial charge >= 0.3 is 18.4 Å². The summed E-state index contributed by atoms with van der Waals surface area (Å²) in [5.41, 5.74) is -4.09. The number of nitrogens with zero attached hydrogens (tertiary/aromatic N) is 2. The lowest BCUT2D eigenvalue weighted by molar-refractivity contribution is -0.528. The van der Waals surface area contributed by atoms with Gasteiger partial charge in [-0.05, 0) is 49.1 Å². The summed E-state index contributed by atoms with van der Waals surface area (Å²) in [6, 6.07) is 8.57. The van der Waals surface area contributed by atoms with Crippen LogP contribution in [-0.2, 0) is 27.4 Å². The molecule has 2 aromatic carbocycles. The van der Waals surface area contributed by atoms with Crippen LogP contribution >= 0.6 is 0 Å². The number of ether oxygens (including phenoxy) is 2. The summed E-state index contributed by atoms with van der Waals surface area (Å²) in [5, 5.41) is 11.6. The van der Waals surface area contributed by atoms with Crippen LogP contribution in [-0.4, -0.2) is 41.7 Å². The fourth-order valence-electron chi connectivity index (χ4n) is 4.67. The third kappa shape index (κ3) is 7.23. The topological polar surface area (TPSA) is 81.9 Å². The van der Waals surface area contributed by atoms with Crippen molar-refractivity contribution in [1.82, 2.24) is 4.90 Å². The number of hydrogen-bond donors (Lipinski definition) is 0. The van der Waals surface area contributed by atoms with E-state index in [1.165, 1.54) is 11.8 Å². The van der Waals surface area contributed by atoms with Crippen molar-refractivity contribution in [2.75, 3.05) is 19.8 Å². The van der Waals surface area contributed by atoms with Gasteiger partial charge in [-0.25, -0.2) is 4.79 Å². The first-order valence-electron chi connectivity index (χ1n) is 12.7. The van der Waals surface area contributed by atoms with E-state index in [0.717, 1.165) is 6.42 Å². The molecule has 2 aromatic rings. The van der Waals surface area contributed by atoms with Crippen LogP contribution in [0.2, 0.25) is 0 Å². The number of alkyl halides is 6. The molecular formula is C27H30F6N2O5. The van der Waals surface area contributed by atoms with E-state index in [-0.39, 0.29) is 44.2 Å². The molecule has 0 saturated carbocycles. The first kappa shape index (κ1) is 31.2. The van der Waals surface area contributed by atoms with Crippen LogP contribution in [0.25, 0.3) is 0 Å². The molecule has 0 N–H and O–H groups in total. The lowest BCUT2D eigenvalue weighted by Crippen LogP contribution is -2.59. The van der Waals surface area contributed by atoms with Crippen LogP contribution < -0.4 is 0 Å². The number of likely N-dealkylation sites (tertiary alicyclic amines) is 1. The van der Waals surface area contributed by atoms with Crippen molar-refractivity contribution >= 4 is 6.09 Å². The molecule has 3 atom stereocenters. The van der Waals surface area contributed by atoms with E-state index in [2.05, 4.69) is 0 Å². The highest BCUT2D eigenvalue weighted by Gasteiger charge is 2.50. The van der Waals surface area contributed by atoms with Gasteiger partial charge in [0.1, 0.15) is 0 Å². The molecule has 3 rings (SSSR count). The molecule has 1 aliphatic rings. The maximum Gasteiger partial charge on any atom is 0.416 e. The molecule has 40 heavy (non-hydrogen) atoms. The Morgan fingerprint density at radius 1 is 1.10 bits per heavy atom. The Balaban J connectivity index is 2.00. The molecule has 0 radical (unpaired) electrons. The van der Waals surface area contributed by atoms with Gasteiger partial charge in [-0.3, -0.25) is 15.0 Å². The molecule has 220 valence electrons. The number of carbonyl (C=O) groups is 1. The number of rotatable bonds is 9. The van der Waals surface area contributed by atoms with E-state index >= 15 is 0 Å². The molecular weight excluding hydrogens is 546 g/mol. The highest BCUT2D eigenvalue weighted by Crippen LogP contribution is 2.42. The summed E-state index contributed by atoms with van der Waals surface area (Å²) in [6.45, 7) is 2.59. The van der Waals surface area contributed by atoms with E-state index in [4.69, 9.17) is 9.47 Å². The smallest absolute Gasteiger partial charge is 0.416 e. The minimum atomic E-state index is -5.03. The Morgan fingerprint density at radius 3 is 2.23 bits per heavy atom. The molecule has 1 fully saturated rings. The van der Waals surface area contributed by atoms with Crippen LogP contribution in [0.15, 0.2) is 48.5 Å². The van der Waals surface area contributed by atoms with Crippen molar-refractivity contribution in [3.05, 3.63) is 80.9 Å². The minimum absolute atomic E-state index is 0.0363. The van der Waals surface area contributed by atoms with Gasteiger partial charge in [0.05, 0.1) is 42.5 Å². The van der Waals surface area contributed by atoms with E-state index in [9.17, 15) is 41.3 Å². The van der Waals surface area contributed by atoms with E-state index in [1.54, 1.807) is 30.3 Å². The van der Waals surface area contributed by atoms with Gasteiger partial charge in [-0.2, -0.15) is 26.3 Å². The highest BCUT2D eigenvalue weighted by molar-refractivity contribution is 5.69. The second-order valence-electron chi connectivity index (χ2n) is 9.75. The summed E-state index contributed by atoms with van der Waals surface area (Å²) < 4.78 is 91.7. The Labute approximate surface area is 227 Å². The quantitative estimate of drug-likeness (QED) is 0.135. The number of unbranched alkanes of at least 4 members (excludes halogenated alkanes) is 1. The van der Waals surface area contributed by atoms with E-state index < -0.39 is 52.2 Å². The van der Waals surface area contributed by atoms with Gasteiger partial charge in [0.15, 0.2) is 0 Å². The van der Waals surface area contributed by atoms with Crippen LogP contribution in [0, 0.1) is 10.1 Å². The molecule has 1 aliphatic heterocycles. The molecule has 1 unspecified atom stereocenters. The van der Waals surface area contributed by atoms with Crippen molar-refractivity contribution in [2.45, 2.75) is 69.6 Å². The van der Waals surface area contributed by atoms with Gasteiger partial charge in [-0.1, -0.05) is 43.7 Å². The fourth-order valence-corrected chi connectivity index (χ4v) is 4.67. The SMILES string of the molecule is CCCCOC(=O)N1CC([N+](=O)[O-])CC[C@@]1(CO[C@H](C)c1cc(C(F)(F)F)cc(C(F)(F)F)c1)c1ccccc1. The van der Waals surface area contributed by atoms with Crippen LogP contribution in [0.5, 0.6) is 0 Å². The monoisotopic (exact) mass is 576 g/mol. The zero-order valence-corrected chi connectivity index (χ0v) is 21.9. The fraction of sp³-hybridized carbons (Fsp3) is 0.519. The first-order valence-corrected chi connectivity index (χ1v) is 12.7. The Morgan fingerprint density at radius 2 is 1.70 bits per heavy atom. The number of hydrogen-bond acceptors (Lipinski definition) is 5. The summed E-state index contributed by atoms with van der Waals surface area (Å²) in [6.07, 6.45) is -10.7. The van der Waals surface area contributed by atoms with Crippen molar-refractivity contribution in [3.63, 3.8) is 0 Å². The number of benzene rings is 2. The van der Waals surface area contributed by atoms with Gasteiger partial charge in [0.2, 0.25) is 6.04 Å². The molecule has 7 nitrogen and oxygen atoms in total. The average Bonchev–Trinajstić information content (AvgIpc) is 2.90. The first-order chi connectivity index (χ1) is 18.7. The van der Waals surface area contributed by atoms with E-state index in [0.29, 0.717) is 24.1 Å². The highest BCUT2D eigenvalue weighted by atomic mass is 19.4. The van der Waals surface area contributed by atoms with Crippen LogP contribution in [0.3, 0.4) is 0 Å². The van der Waals surface area contributed by atoms with Crippen LogP contribution in [0.1, 0.15) is 67.9 Å². The number of nitro groups is 1. The minimum Gasteiger partial charge on any atom is -0.449 e. The second kappa shape index (κ2) is 12.4. The van der Waals surface area contributed by atoms with Gasteiger partial charge in [0.25, 0.3) is 0 Å². The van der Waals surface area contributed by atoms with Crippen molar-refractivity contribution in [3.8, 4) is 0 Å². The van der Waals surface area contributed by atoms with E-state index in [1.807, 2.05) is 6.92 Å². The molecule has 0 bridgehead atoms. The average molecular weight is 577 g/mol. The predicted molar refractivity (Wildman–Crippen MR) is 132 cm³/mol. The lowest BCUT2D eigenvalue weighted by Gasteiger charge is -2.47. The molecule has 1 saturated heterocycles. The Bertz CT molecular complexity index is 1140. The predicted octanol–water partition coefficient (Wildman–Crippen LogP) is 7.38. The molecule has 1 heterocycles.